The van der Waals surface area contributed by atoms with Crippen LogP contribution < -0.4 is 10.5 Å². The molecule has 5 heteroatoms. The molecule has 0 fully saturated rings. The Balaban J connectivity index is 2.34. The first-order valence-electron chi connectivity index (χ1n) is 5.22. The van der Waals surface area contributed by atoms with Crippen molar-refractivity contribution in [1.82, 2.24) is 10.2 Å². The standard InChI is InChI=1S/C12H12FN3O/c1-2-17-11-5-3-8(7-9(11)13)10-4-6-12(14)16-15-10/h3-7H,2H2,1H3,(H2,14,16). The fourth-order valence-electron chi connectivity index (χ4n) is 1.43. The number of hydrogen-bond acceptors (Lipinski definition) is 4. The highest BCUT2D eigenvalue weighted by atomic mass is 19.1. The number of nitrogens with two attached hydrogens (primary N) is 1. The van der Waals surface area contributed by atoms with Gasteiger partial charge in [0.05, 0.1) is 12.3 Å². The van der Waals surface area contributed by atoms with E-state index in [0.29, 0.717) is 23.7 Å². The van der Waals surface area contributed by atoms with Gasteiger partial charge >= 0.3 is 0 Å². The number of benzene rings is 1. The van der Waals surface area contributed by atoms with Gasteiger partial charge < -0.3 is 10.5 Å². The fraction of sp³-hybridized carbons (Fsp3) is 0.167. The van der Waals surface area contributed by atoms with Gasteiger partial charge in [0.15, 0.2) is 11.6 Å². The van der Waals surface area contributed by atoms with E-state index in [-0.39, 0.29) is 5.75 Å². The first-order chi connectivity index (χ1) is 8.20. The van der Waals surface area contributed by atoms with Crippen LogP contribution in [-0.4, -0.2) is 16.8 Å². The maximum atomic E-state index is 13.6. The molecule has 2 N–H and O–H groups in total. The van der Waals surface area contributed by atoms with Crippen molar-refractivity contribution in [2.24, 2.45) is 0 Å². The fourth-order valence-corrected chi connectivity index (χ4v) is 1.43. The van der Waals surface area contributed by atoms with Crippen molar-refractivity contribution in [2.45, 2.75) is 6.92 Å². The van der Waals surface area contributed by atoms with Gasteiger partial charge in [-0.1, -0.05) is 0 Å². The SMILES string of the molecule is CCOc1ccc(-c2ccc(N)nn2)cc1F. The minimum absolute atomic E-state index is 0.236. The summed E-state index contributed by atoms with van der Waals surface area (Å²) < 4.78 is 18.7. The summed E-state index contributed by atoms with van der Waals surface area (Å²) in [5, 5.41) is 7.60. The van der Waals surface area contributed by atoms with Crippen LogP contribution in [-0.2, 0) is 0 Å². The Morgan fingerprint density at radius 3 is 2.65 bits per heavy atom. The molecular formula is C12H12FN3O. The molecule has 0 spiro atoms. The predicted octanol–water partition coefficient (Wildman–Crippen LogP) is 2.26. The first kappa shape index (κ1) is 11.3. The summed E-state index contributed by atoms with van der Waals surface area (Å²) in [6, 6.07) is 7.99. The van der Waals surface area contributed by atoms with Gasteiger partial charge in [0.2, 0.25) is 0 Å². The van der Waals surface area contributed by atoms with Gasteiger partial charge in [0, 0.05) is 5.56 Å². The lowest BCUT2D eigenvalue weighted by molar-refractivity contribution is 0.321. The van der Waals surface area contributed by atoms with E-state index in [4.69, 9.17) is 10.5 Å². The van der Waals surface area contributed by atoms with Crippen LogP contribution in [0.1, 0.15) is 6.92 Å². The van der Waals surface area contributed by atoms with E-state index in [1.165, 1.54) is 6.07 Å². The van der Waals surface area contributed by atoms with E-state index in [1.54, 1.807) is 31.2 Å². The van der Waals surface area contributed by atoms with Crippen molar-refractivity contribution in [3.63, 3.8) is 0 Å². The van der Waals surface area contributed by atoms with Gasteiger partial charge in [-0.05, 0) is 37.3 Å². The molecule has 1 aromatic heterocycles. The Morgan fingerprint density at radius 1 is 1.24 bits per heavy atom. The third-order valence-electron chi connectivity index (χ3n) is 2.21. The van der Waals surface area contributed by atoms with Crippen molar-refractivity contribution in [1.29, 1.82) is 0 Å². The van der Waals surface area contributed by atoms with E-state index in [2.05, 4.69) is 10.2 Å². The van der Waals surface area contributed by atoms with Crippen LogP contribution in [0.3, 0.4) is 0 Å². The van der Waals surface area contributed by atoms with Crippen LogP contribution in [0.5, 0.6) is 5.75 Å². The van der Waals surface area contributed by atoms with Crippen molar-refractivity contribution in [3.8, 4) is 17.0 Å². The number of nitrogen functional groups attached to an aromatic ring is 1. The van der Waals surface area contributed by atoms with Gasteiger partial charge in [-0.15, -0.1) is 10.2 Å². The zero-order valence-corrected chi connectivity index (χ0v) is 9.35. The molecule has 0 unspecified atom stereocenters. The van der Waals surface area contributed by atoms with Gasteiger partial charge in [-0.25, -0.2) is 4.39 Å². The summed E-state index contributed by atoms with van der Waals surface area (Å²) in [6.07, 6.45) is 0. The number of rotatable bonds is 3. The highest BCUT2D eigenvalue weighted by molar-refractivity contribution is 5.60. The number of hydrogen-bond donors (Lipinski definition) is 1. The van der Waals surface area contributed by atoms with Gasteiger partial charge in [0.1, 0.15) is 5.82 Å². The number of anilines is 1. The molecule has 0 radical (unpaired) electrons. The molecule has 0 saturated heterocycles. The number of nitrogens with zero attached hydrogens (tertiary/aromatic N) is 2. The third-order valence-corrected chi connectivity index (χ3v) is 2.21. The number of ether oxygens (including phenoxy) is 1. The Morgan fingerprint density at radius 2 is 2.06 bits per heavy atom. The van der Waals surface area contributed by atoms with Crippen LogP contribution in [0.25, 0.3) is 11.3 Å². The quantitative estimate of drug-likeness (QED) is 0.883. The van der Waals surface area contributed by atoms with E-state index >= 15 is 0 Å². The third kappa shape index (κ3) is 2.50. The molecule has 0 aliphatic rings. The van der Waals surface area contributed by atoms with Gasteiger partial charge in [-0.2, -0.15) is 0 Å². The van der Waals surface area contributed by atoms with E-state index in [1.807, 2.05) is 0 Å². The average Bonchev–Trinajstić information content (AvgIpc) is 2.33. The van der Waals surface area contributed by atoms with Gasteiger partial charge in [-0.3, -0.25) is 0 Å². The molecule has 88 valence electrons. The molecule has 0 aliphatic heterocycles. The summed E-state index contributed by atoms with van der Waals surface area (Å²) in [5.41, 5.74) is 6.64. The van der Waals surface area contributed by atoms with Crippen LogP contribution in [0, 0.1) is 5.82 Å². The summed E-state index contributed by atoms with van der Waals surface area (Å²) >= 11 is 0. The lowest BCUT2D eigenvalue weighted by Gasteiger charge is -2.06. The van der Waals surface area contributed by atoms with Crippen LogP contribution >= 0.6 is 0 Å². The second-order valence-electron chi connectivity index (χ2n) is 3.42. The predicted molar refractivity (Wildman–Crippen MR) is 63.0 cm³/mol. The lowest BCUT2D eigenvalue weighted by Crippen LogP contribution is -1.96. The molecule has 0 bridgehead atoms. The molecule has 0 saturated carbocycles. The van der Waals surface area contributed by atoms with Crippen LogP contribution in [0.2, 0.25) is 0 Å². The van der Waals surface area contributed by atoms with Crippen molar-refractivity contribution in [2.75, 3.05) is 12.3 Å². The smallest absolute Gasteiger partial charge is 0.165 e. The normalized spacial score (nSPS) is 10.2. The first-order valence-corrected chi connectivity index (χ1v) is 5.22. The lowest BCUT2D eigenvalue weighted by atomic mass is 10.1. The average molecular weight is 233 g/mol. The van der Waals surface area contributed by atoms with Crippen molar-refractivity contribution in [3.05, 3.63) is 36.1 Å². The number of aromatic nitrogens is 2. The molecule has 0 aliphatic carbocycles. The van der Waals surface area contributed by atoms with E-state index < -0.39 is 5.82 Å². The van der Waals surface area contributed by atoms with Crippen molar-refractivity contribution >= 4 is 5.82 Å². The summed E-state index contributed by atoms with van der Waals surface area (Å²) in [5.74, 6) is 0.155. The molecule has 1 aromatic carbocycles. The second-order valence-corrected chi connectivity index (χ2v) is 3.42. The molecule has 0 amide bonds. The largest absolute Gasteiger partial charge is 0.491 e. The van der Waals surface area contributed by atoms with Crippen LogP contribution in [0.15, 0.2) is 30.3 Å². The molecule has 1 heterocycles. The maximum absolute atomic E-state index is 13.6. The molecular weight excluding hydrogens is 221 g/mol. The second kappa shape index (κ2) is 4.78. The Bertz CT molecular complexity index is 514. The molecule has 4 nitrogen and oxygen atoms in total. The molecule has 2 rings (SSSR count). The monoisotopic (exact) mass is 233 g/mol. The minimum atomic E-state index is -0.414. The van der Waals surface area contributed by atoms with E-state index in [0.717, 1.165) is 0 Å². The molecule has 17 heavy (non-hydrogen) atoms. The Hall–Kier alpha value is -2.17. The molecule has 0 atom stereocenters. The zero-order chi connectivity index (χ0) is 12.3. The van der Waals surface area contributed by atoms with Crippen molar-refractivity contribution < 1.29 is 9.13 Å². The topological polar surface area (TPSA) is 61.0 Å². The summed E-state index contributed by atoms with van der Waals surface area (Å²) in [4.78, 5) is 0. The van der Waals surface area contributed by atoms with Crippen LogP contribution in [0.4, 0.5) is 10.2 Å². The minimum Gasteiger partial charge on any atom is -0.491 e. The zero-order valence-electron chi connectivity index (χ0n) is 9.35. The summed E-state index contributed by atoms with van der Waals surface area (Å²) in [6.45, 7) is 2.23. The van der Waals surface area contributed by atoms with E-state index in [9.17, 15) is 4.39 Å². The maximum Gasteiger partial charge on any atom is 0.165 e. The Labute approximate surface area is 98.2 Å². The molecule has 2 aromatic rings. The Kier molecular flexibility index (Phi) is 3.18. The highest BCUT2D eigenvalue weighted by Gasteiger charge is 2.06. The highest BCUT2D eigenvalue weighted by Crippen LogP contribution is 2.24. The summed E-state index contributed by atoms with van der Waals surface area (Å²) in [7, 11) is 0. The number of halogens is 1. The van der Waals surface area contributed by atoms with Gasteiger partial charge in [0.25, 0.3) is 0 Å².